The van der Waals surface area contributed by atoms with Gasteiger partial charge in [0.05, 0.1) is 11.3 Å². The maximum Gasteiger partial charge on any atom is 0.336 e. The van der Waals surface area contributed by atoms with Gasteiger partial charge in [0.25, 0.3) is 0 Å². The van der Waals surface area contributed by atoms with E-state index in [-0.39, 0.29) is 5.97 Å². The van der Waals surface area contributed by atoms with Crippen molar-refractivity contribution in [3.63, 3.8) is 0 Å². The third-order valence-electron chi connectivity index (χ3n) is 4.32. The van der Waals surface area contributed by atoms with Crippen molar-refractivity contribution in [3.8, 4) is 0 Å². The third kappa shape index (κ3) is 4.28. The van der Waals surface area contributed by atoms with Gasteiger partial charge in [-0.2, -0.15) is 0 Å². The van der Waals surface area contributed by atoms with Crippen molar-refractivity contribution in [2.75, 3.05) is 38.7 Å². The van der Waals surface area contributed by atoms with Crippen molar-refractivity contribution >= 4 is 11.7 Å². The zero-order chi connectivity index (χ0) is 17.6. The molecule has 0 fully saturated rings. The van der Waals surface area contributed by atoms with Gasteiger partial charge in [-0.25, -0.2) is 4.79 Å². The summed E-state index contributed by atoms with van der Waals surface area (Å²) in [5.74, 6) is -0.204. The molecule has 0 radical (unpaired) electrons. The fraction of sp³-hybridized carbons (Fsp3) is 0.286. The molecule has 0 bridgehead atoms. The minimum absolute atomic E-state index is 0.204. The van der Waals surface area contributed by atoms with E-state index < -0.39 is 0 Å². The van der Waals surface area contributed by atoms with E-state index in [0.29, 0.717) is 13.0 Å². The zero-order valence-electron chi connectivity index (χ0n) is 14.8. The van der Waals surface area contributed by atoms with Gasteiger partial charge in [0.2, 0.25) is 0 Å². The first-order valence-electron chi connectivity index (χ1n) is 8.55. The quantitative estimate of drug-likeness (QED) is 0.728. The van der Waals surface area contributed by atoms with Crippen LogP contribution in [0.25, 0.3) is 0 Å². The number of rotatable bonds is 7. The van der Waals surface area contributed by atoms with Crippen molar-refractivity contribution < 1.29 is 9.53 Å². The Bertz CT molecular complexity index is 739. The standard InChI is InChI=1S/C21H24N2O2/c1-22(2)13-14-23(18-11-7-4-8-12-18)20-16-25-21(24)19(20)15-17-9-5-3-6-10-17/h3-12H,13-16H2,1-2H3. The lowest BCUT2D eigenvalue weighted by molar-refractivity contribution is -0.136. The molecule has 0 aliphatic carbocycles. The van der Waals surface area contributed by atoms with Crippen LogP contribution in [0.5, 0.6) is 0 Å². The number of esters is 1. The van der Waals surface area contributed by atoms with E-state index in [9.17, 15) is 4.79 Å². The lowest BCUT2D eigenvalue weighted by atomic mass is 10.0. The highest BCUT2D eigenvalue weighted by Crippen LogP contribution is 2.27. The lowest BCUT2D eigenvalue weighted by Gasteiger charge is -2.27. The Hall–Kier alpha value is -2.59. The summed E-state index contributed by atoms with van der Waals surface area (Å²) >= 11 is 0. The summed E-state index contributed by atoms with van der Waals surface area (Å²) in [7, 11) is 4.11. The summed E-state index contributed by atoms with van der Waals surface area (Å²) < 4.78 is 5.39. The molecule has 25 heavy (non-hydrogen) atoms. The molecule has 2 aromatic rings. The summed E-state index contributed by atoms with van der Waals surface area (Å²) in [6.45, 7) is 2.04. The van der Waals surface area contributed by atoms with Gasteiger partial charge in [0.1, 0.15) is 6.61 Å². The van der Waals surface area contributed by atoms with Crippen molar-refractivity contribution in [2.24, 2.45) is 0 Å². The Balaban J connectivity index is 1.94. The molecule has 3 rings (SSSR count). The van der Waals surface area contributed by atoms with Crippen LogP contribution in [0.4, 0.5) is 5.69 Å². The van der Waals surface area contributed by atoms with Gasteiger partial charge >= 0.3 is 5.97 Å². The Kier molecular flexibility index (Phi) is 5.51. The molecule has 1 heterocycles. The van der Waals surface area contributed by atoms with Crippen LogP contribution >= 0.6 is 0 Å². The molecule has 4 nitrogen and oxygen atoms in total. The molecule has 0 atom stereocenters. The SMILES string of the molecule is CN(C)CCN(C1=C(Cc2ccccc2)C(=O)OC1)c1ccccc1. The van der Waals surface area contributed by atoms with Crippen LogP contribution in [-0.4, -0.2) is 44.7 Å². The van der Waals surface area contributed by atoms with E-state index in [1.54, 1.807) is 0 Å². The number of likely N-dealkylation sites (N-methyl/N-ethyl adjacent to an activating group) is 1. The Morgan fingerprint density at radius 2 is 1.56 bits per heavy atom. The third-order valence-corrected chi connectivity index (χ3v) is 4.32. The minimum atomic E-state index is -0.204. The zero-order valence-corrected chi connectivity index (χ0v) is 14.8. The summed E-state index contributed by atoms with van der Waals surface area (Å²) in [5.41, 5.74) is 3.94. The van der Waals surface area contributed by atoms with Crippen LogP contribution in [0.1, 0.15) is 5.56 Å². The smallest absolute Gasteiger partial charge is 0.336 e. The van der Waals surface area contributed by atoms with E-state index >= 15 is 0 Å². The molecular formula is C21H24N2O2. The number of benzene rings is 2. The highest BCUT2D eigenvalue weighted by atomic mass is 16.5. The average molecular weight is 336 g/mol. The van der Waals surface area contributed by atoms with Crippen LogP contribution in [0.15, 0.2) is 71.9 Å². The maximum atomic E-state index is 12.3. The number of carbonyl (C=O) groups excluding carboxylic acids is 1. The largest absolute Gasteiger partial charge is 0.456 e. The van der Waals surface area contributed by atoms with E-state index in [2.05, 4.69) is 36.0 Å². The molecule has 0 saturated heterocycles. The summed E-state index contributed by atoms with van der Waals surface area (Å²) in [6.07, 6.45) is 0.598. The molecule has 1 aliphatic rings. The second kappa shape index (κ2) is 7.99. The first kappa shape index (κ1) is 17.2. The molecule has 0 N–H and O–H groups in total. The van der Waals surface area contributed by atoms with Gasteiger partial charge < -0.3 is 14.5 Å². The van der Waals surface area contributed by atoms with Gasteiger partial charge in [-0.05, 0) is 31.8 Å². The number of carbonyl (C=O) groups is 1. The predicted molar refractivity (Wildman–Crippen MR) is 100 cm³/mol. The molecule has 0 amide bonds. The molecule has 130 valence electrons. The summed E-state index contributed by atoms with van der Waals surface area (Å²) in [5, 5.41) is 0. The first-order chi connectivity index (χ1) is 12.1. The lowest BCUT2D eigenvalue weighted by Crippen LogP contribution is -2.32. The number of hydrogen-bond acceptors (Lipinski definition) is 4. The molecule has 4 heteroatoms. The highest BCUT2D eigenvalue weighted by molar-refractivity contribution is 5.93. The second-order valence-corrected chi connectivity index (χ2v) is 6.45. The van der Waals surface area contributed by atoms with Crippen LogP contribution in [0, 0.1) is 0 Å². The molecule has 0 unspecified atom stereocenters. The predicted octanol–water partition coefficient (Wildman–Crippen LogP) is 3.11. The van der Waals surface area contributed by atoms with E-state index in [4.69, 9.17) is 4.74 Å². The van der Waals surface area contributed by atoms with E-state index in [0.717, 1.165) is 35.6 Å². The topological polar surface area (TPSA) is 32.8 Å². The average Bonchev–Trinajstić information content (AvgIpc) is 2.98. The van der Waals surface area contributed by atoms with Crippen LogP contribution in [0.2, 0.25) is 0 Å². The Labute approximate surface area is 149 Å². The van der Waals surface area contributed by atoms with Gasteiger partial charge in [-0.3, -0.25) is 0 Å². The van der Waals surface area contributed by atoms with Crippen LogP contribution in [-0.2, 0) is 16.0 Å². The van der Waals surface area contributed by atoms with Gasteiger partial charge in [0.15, 0.2) is 0 Å². The molecule has 0 aromatic heterocycles. The van der Waals surface area contributed by atoms with Crippen molar-refractivity contribution in [1.82, 2.24) is 4.90 Å². The fourth-order valence-corrected chi connectivity index (χ4v) is 2.97. The van der Waals surface area contributed by atoms with E-state index in [1.807, 2.05) is 48.5 Å². The van der Waals surface area contributed by atoms with Crippen LogP contribution < -0.4 is 4.90 Å². The Morgan fingerprint density at radius 1 is 0.920 bits per heavy atom. The van der Waals surface area contributed by atoms with Crippen LogP contribution in [0.3, 0.4) is 0 Å². The summed E-state index contributed by atoms with van der Waals surface area (Å²) in [6, 6.07) is 20.3. The normalized spacial score (nSPS) is 14.1. The Morgan fingerprint density at radius 3 is 2.20 bits per heavy atom. The number of para-hydroxylation sites is 1. The fourth-order valence-electron chi connectivity index (χ4n) is 2.97. The number of ether oxygens (including phenoxy) is 1. The van der Waals surface area contributed by atoms with Crippen molar-refractivity contribution in [1.29, 1.82) is 0 Å². The van der Waals surface area contributed by atoms with Crippen molar-refractivity contribution in [2.45, 2.75) is 6.42 Å². The number of hydrogen-bond donors (Lipinski definition) is 0. The van der Waals surface area contributed by atoms with Gasteiger partial charge in [-0.1, -0.05) is 48.5 Å². The van der Waals surface area contributed by atoms with Gasteiger partial charge in [0, 0.05) is 25.2 Å². The molecule has 0 spiro atoms. The maximum absolute atomic E-state index is 12.3. The minimum Gasteiger partial charge on any atom is -0.456 e. The van der Waals surface area contributed by atoms with Crippen molar-refractivity contribution in [3.05, 3.63) is 77.5 Å². The highest BCUT2D eigenvalue weighted by Gasteiger charge is 2.29. The number of anilines is 1. The summed E-state index contributed by atoms with van der Waals surface area (Å²) in [4.78, 5) is 16.7. The molecule has 0 saturated carbocycles. The molecule has 1 aliphatic heterocycles. The first-order valence-corrected chi connectivity index (χ1v) is 8.55. The number of cyclic esters (lactones) is 1. The molecular weight excluding hydrogens is 312 g/mol. The monoisotopic (exact) mass is 336 g/mol. The number of nitrogens with zero attached hydrogens (tertiary/aromatic N) is 2. The molecule has 2 aromatic carbocycles. The van der Waals surface area contributed by atoms with E-state index in [1.165, 1.54) is 0 Å². The second-order valence-electron chi connectivity index (χ2n) is 6.45. The van der Waals surface area contributed by atoms with Gasteiger partial charge in [-0.15, -0.1) is 0 Å².